The summed E-state index contributed by atoms with van der Waals surface area (Å²) in [5, 5.41) is 12.6. The summed E-state index contributed by atoms with van der Waals surface area (Å²) in [4.78, 5) is 0. The predicted molar refractivity (Wildman–Crippen MR) is 82.8 cm³/mol. The van der Waals surface area contributed by atoms with Crippen LogP contribution in [-0.4, -0.2) is 5.11 Å². The highest BCUT2D eigenvalue weighted by atomic mass is 16.3. The van der Waals surface area contributed by atoms with Gasteiger partial charge in [0, 0.05) is 10.8 Å². The van der Waals surface area contributed by atoms with Gasteiger partial charge in [-0.1, -0.05) is 44.5 Å². The fraction of sp³-hybridized carbons (Fsp3) is 0.333. The van der Waals surface area contributed by atoms with Gasteiger partial charge in [-0.3, -0.25) is 0 Å². The number of fused-ring (bicyclic) bond motifs is 3. The molecule has 3 aromatic rings. The van der Waals surface area contributed by atoms with Gasteiger partial charge in [0.05, 0.1) is 6.10 Å². The summed E-state index contributed by atoms with van der Waals surface area (Å²) >= 11 is 0. The number of rotatable bonds is 4. The lowest BCUT2D eigenvalue weighted by atomic mass is 9.95. The van der Waals surface area contributed by atoms with Crippen LogP contribution in [0, 0.1) is 5.92 Å². The number of furan rings is 1. The second-order valence-corrected chi connectivity index (χ2v) is 5.62. The van der Waals surface area contributed by atoms with Crippen molar-refractivity contribution in [3.05, 3.63) is 48.0 Å². The molecule has 0 aliphatic rings. The molecule has 1 aromatic heterocycles. The lowest BCUT2D eigenvalue weighted by molar-refractivity contribution is 0.146. The first-order valence-electron chi connectivity index (χ1n) is 7.28. The number of hydrogen-bond donors (Lipinski definition) is 1. The molecule has 2 heteroatoms. The van der Waals surface area contributed by atoms with E-state index in [1.54, 1.807) is 0 Å². The molecule has 2 unspecified atom stereocenters. The Labute approximate surface area is 119 Å². The zero-order chi connectivity index (χ0) is 14.1. The molecule has 0 aliphatic heterocycles. The molecule has 0 saturated heterocycles. The van der Waals surface area contributed by atoms with Gasteiger partial charge in [-0.2, -0.15) is 0 Å². The van der Waals surface area contributed by atoms with E-state index in [-0.39, 0.29) is 0 Å². The van der Waals surface area contributed by atoms with E-state index in [0.29, 0.717) is 5.92 Å². The maximum atomic E-state index is 10.4. The van der Waals surface area contributed by atoms with Crippen molar-refractivity contribution in [2.75, 3.05) is 0 Å². The van der Waals surface area contributed by atoms with Crippen LogP contribution in [0.3, 0.4) is 0 Å². The Bertz CT molecular complexity index is 726. The lowest BCUT2D eigenvalue weighted by Crippen LogP contribution is -2.03. The third-order valence-electron chi connectivity index (χ3n) is 4.11. The minimum Gasteiger partial charge on any atom is -0.456 e. The van der Waals surface area contributed by atoms with Gasteiger partial charge in [-0.05, 0) is 36.1 Å². The van der Waals surface area contributed by atoms with Crippen molar-refractivity contribution in [2.45, 2.75) is 32.8 Å². The molecule has 0 radical (unpaired) electrons. The molecule has 3 rings (SSSR count). The van der Waals surface area contributed by atoms with E-state index >= 15 is 0 Å². The molecule has 1 N–H and O–H groups in total. The topological polar surface area (TPSA) is 33.4 Å². The van der Waals surface area contributed by atoms with E-state index in [2.05, 4.69) is 26.0 Å². The van der Waals surface area contributed by atoms with Gasteiger partial charge in [-0.25, -0.2) is 0 Å². The Morgan fingerprint density at radius 3 is 2.60 bits per heavy atom. The van der Waals surface area contributed by atoms with Crippen molar-refractivity contribution in [1.29, 1.82) is 0 Å². The summed E-state index contributed by atoms with van der Waals surface area (Å²) < 4.78 is 5.81. The van der Waals surface area contributed by atoms with Crippen molar-refractivity contribution in [2.24, 2.45) is 5.92 Å². The van der Waals surface area contributed by atoms with Gasteiger partial charge in [-0.15, -0.1) is 0 Å². The van der Waals surface area contributed by atoms with Gasteiger partial charge >= 0.3 is 0 Å². The molecule has 0 aliphatic carbocycles. The van der Waals surface area contributed by atoms with Gasteiger partial charge in [0.15, 0.2) is 0 Å². The maximum absolute atomic E-state index is 10.4. The van der Waals surface area contributed by atoms with Crippen LogP contribution in [0.25, 0.3) is 21.9 Å². The van der Waals surface area contributed by atoms with Crippen LogP contribution in [0.15, 0.2) is 46.9 Å². The van der Waals surface area contributed by atoms with Crippen molar-refractivity contribution < 1.29 is 9.52 Å². The summed E-state index contributed by atoms with van der Waals surface area (Å²) in [5.41, 5.74) is 2.76. The Morgan fingerprint density at radius 1 is 1.05 bits per heavy atom. The van der Waals surface area contributed by atoms with Gasteiger partial charge < -0.3 is 9.52 Å². The second-order valence-electron chi connectivity index (χ2n) is 5.62. The quantitative estimate of drug-likeness (QED) is 0.717. The van der Waals surface area contributed by atoms with Crippen LogP contribution in [0.5, 0.6) is 0 Å². The molecule has 0 saturated carbocycles. The molecule has 0 spiro atoms. The molecule has 2 nitrogen and oxygen atoms in total. The van der Waals surface area contributed by atoms with Gasteiger partial charge in [0.1, 0.15) is 11.2 Å². The largest absolute Gasteiger partial charge is 0.456 e. The van der Waals surface area contributed by atoms with E-state index in [1.807, 2.05) is 30.3 Å². The molecular formula is C18H20O2. The van der Waals surface area contributed by atoms with Crippen LogP contribution in [0.4, 0.5) is 0 Å². The Balaban J connectivity index is 2.03. The summed E-state index contributed by atoms with van der Waals surface area (Å²) in [6.45, 7) is 4.33. The van der Waals surface area contributed by atoms with E-state index in [4.69, 9.17) is 4.42 Å². The standard InChI is InChI=1S/C18H20O2/c1-3-12(2)10-16(19)13-8-9-18-15(11-13)14-6-4-5-7-17(14)20-18/h4-9,11-12,16,19H,3,10H2,1-2H3. The third-order valence-corrected chi connectivity index (χ3v) is 4.11. The van der Waals surface area contributed by atoms with E-state index in [0.717, 1.165) is 40.3 Å². The highest BCUT2D eigenvalue weighted by Crippen LogP contribution is 2.32. The Hall–Kier alpha value is -1.80. The average molecular weight is 268 g/mol. The molecule has 1 heterocycles. The third kappa shape index (κ3) is 2.32. The first kappa shape index (κ1) is 13.2. The zero-order valence-corrected chi connectivity index (χ0v) is 12.0. The zero-order valence-electron chi connectivity index (χ0n) is 12.0. The average Bonchev–Trinajstić information content (AvgIpc) is 2.84. The van der Waals surface area contributed by atoms with Gasteiger partial charge in [0.2, 0.25) is 0 Å². The number of aliphatic hydroxyl groups excluding tert-OH is 1. The van der Waals surface area contributed by atoms with Crippen LogP contribution in [-0.2, 0) is 0 Å². The monoisotopic (exact) mass is 268 g/mol. The summed E-state index contributed by atoms with van der Waals surface area (Å²) in [6, 6.07) is 14.0. The Kier molecular flexibility index (Phi) is 3.49. The van der Waals surface area contributed by atoms with Crippen molar-refractivity contribution in [3.63, 3.8) is 0 Å². The minimum atomic E-state index is -0.400. The summed E-state index contributed by atoms with van der Waals surface area (Å²) in [7, 11) is 0. The first-order valence-corrected chi connectivity index (χ1v) is 7.28. The molecule has 20 heavy (non-hydrogen) atoms. The molecule has 0 fully saturated rings. The van der Waals surface area contributed by atoms with E-state index in [1.165, 1.54) is 0 Å². The van der Waals surface area contributed by atoms with Crippen molar-refractivity contribution in [3.8, 4) is 0 Å². The lowest BCUT2D eigenvalue weighted by Gasteiger charge is -2.15. The molecular weight excluding hydrogens is 248 g/mol. The highest BCUT2D eigenvalue weighted by molar-refractivity contribution is 6.04. The summed E-state index contributed by atoms with van der Waals surface area (Å²) in [5.74, 6) is 0.529. The fourth-order valence-corrected chi connectivity index (χ4v) is 2.63. The van der Waals surface area contributed by atoms with Crippen LogP contribution in [0.1, 0.15) is 38.4 Å². The fourth-order valence-electron chi connectivity index (χ4n) is 2.63. The first-order chi connectivity index (χ1) is 9.69. The molecule has 0 bridgehead atoms. The predicted octanol–water partition coefficient (Wildman–Crippen LogP) is 5.06. The van der Waals surface area contributed by atoms with Gasteiger partial charge in [0.25, 0.3) is 0 Å². The number of para-hydroxylation sites is 1. The second kappa shape index (κ2) is 5.29. The minimum absolute atomic E-state index is 0.400. The molecule has 2 atom stereocenters. The van der Waals surface area contributed by atoms with Crippen LogP contribution in [0.2, 0.25) is 0 Å². The van der Waals surface area contributed by atoms with Crippen LogP contribution < -0.4 is 0 Å². The number of aliphatic hydroxyl groups is 1. The SMILES string of the molecule is CCC(C)CC(O)c1ccc2oc3ccccc3c2c1. The van der Waals surface area contributed by atoms with Crippen molar-refractivity contribution >= 4 is 21.9 Å². The number of benzene rings is 2. The van der Waals surface area contributed by atoms with E-state index < -0.39 is 6.10 Å². The molecule has 104 valence electrons. The summed E-state index contributed by atoms with van der Waals surface area (Å²) in [6.07, 6.45) is 1.49. The number of hydrogen-bond acceptors (Lipinski definition) is 2. The van der Waals surface area contributed by atoms with E-state index in [9.17, 15) is 5.11 Å². The molecule has 0 amide bonds. The smallest absolute Gasteiger partial charge is 0.135 e. The maximum Gasteiger partial charge on any atom is 0.135 e. The van der Waals surface area contributed by atoms with Crippen molar-refractivity contribution in [1.82, 2.24) is 0 Å². The normalized spacial score (nSPS) is 14.8. The highest BCUT2D eigenvalue weighted by Gasteiger charge is 2.14. The Morgan fingerprint density at radius 2 is 1.80 bits per heavy atom. The molecule has 2 aromatic carbocycles. The van der Waals surface area contributed by atoms with Crippen LogP contribution >= 0.6 is 0 Å².